The van der Waals surface area contributed by atoms with E-state index >= 15 is 0 Å². The molecule has 0 fully saturated rings. The second-order valence-corrected chi connectivity index (χ2v) is 71.8. The zero-order chi connectivity index (χ0) is 97.5. The van der Waals surface area contributed by atoms with E-state index in [1.54, 1.807) is 19.4 Å². The molecule has 0 spiro atoms. The van der Waals surface area contributed by atoms with E-state index in [0.717, 1.165) is 170 Å². The Kier molecular flexibility index (Phi) is 37.2. The number of nitrogens with zero attached hydrogens (tertiary/aromatic N) is 9. The van der Waals surface area contributed by atoms with Crippen LogP contribution in [0.2, 0.25) is 51.8 Å². The first-order chi connectivity index (χ1) is 67.0. The van der Waals surface area contributed by atoms with Crippen molar-refractivity contribution in [2.24, 2.45) is 17.8 Å². The molecule has 723 valence electrons. The number of pyridine rings is 9. The summed E-state index contributed by atoms with van der Waals surface area (Å²) in [5.74, 6) is 24.4. The number of fused-ring (bicyclic) bond motifs is 9. The number of benzene rings is 9. The van der Waals surface area contributed by atoms with Gasteiger partial charge in [0.05, 0.1) is 33.8 Å². The second-order valence-electron chi connectivity index (χ2n) is 40.0. The van der Waals surface area contributed by atoms with Crippen molar-refractivity contribution >= 4 is 119 Å². The quantitative estimate of drug-likeness (QED) is 0.0559. The van der Waals surface area contributed by atoms with Crippen LogP contribution in [-0.2, 0) is 79.6 Å². The largest absolute Gasteiger partial charge is 0.486 e. The van der Waals surface area contributed by atoms with Crippen LogP contribution >= 0.6 is 0 Å². The van der Waals surface area contributed by atoms with Gasteiger partial charge in [0.15, 0.2) is 0 Å². The molecule has 0 aliphatic rings. The van der Waals surface area contributed by atoms with Crippen LogP contribution in [0.3, 0.4) is 0 Å². The van der Waals surface area contributed by atoms with Crippen molar-refractivity contribution in [3.8, 4) is 101 Å². The van der Waals surface area contributed by atoms with E-state index in [9.17, 15) is 0 Å². The molecule has 12 aromatic heterocycles. The molecule has 0 unspecified atom stereocenters. The van der Waals surface area contributed by atoms with Crippen molar-refractivity contribution in [3.05, 3.63) is 399 Å². The van der Waals surface area contributed by atoms with E-state index in [-0.39, 0.29) is 60.3 Å². The van der Waals surface area contributed by atoms with E-state index in [4.69, 9.17) is 38.2 Å². The summed E-state index contributed by atoms with van der Waals surface area (Å²) in [6.07, 6.45) is 15.3. The van der Waals surface area contributed by atoms with Gasteiger partial charge in [-0.05, 0) is 84.5 Å². The molecule has 0 aliphatic heterocycles. The minimum atomic E-state index is -1.86. The van der Waals surface area contributed by atoms with Crippen molar-refractivity contribution in [2.75, 3.05) is 0 Å². The van der Waals surface area contributed by atoms with Gasteiger partial charge in [-0.1, -0.05) is 156 Å². The topological polar surface area (TPSA) is 155 Å². The first-order valence-electron chi connectivity index (χ1n) is 48.1. The van der Waals surface area contributed by atoms with Gasteiger partial charge in [0.25, 0.3) is 0 Å². The van der Waals surface area contributed by atoms with Crippen LogP contribution in [0.1, 0.15) is 89.1 Å². The fourth-order valence-electron chi connectivity index (χ4n) is 17.2. The third-order valence-corrected chi connectivity index (χ3v) is 37.1. The summed E-state index contributed by atoms with van der Waals surface area (Å²) >= 11 is -5.57. The van der Waals surface area contributed by atoms with Crippen molar-refractivity contribution < 1.29 is 73.6 Å². The molecule has 0 aliphatic carbocycles. The number of aryl methyl sites for hydroxylation is 1. The minimum absolute atomic E-state index is 0. The van der Waals surface area contributed by atoms with Gasteiger partial charge >= 0.3 is 377 Å². The van der Waals surface area contributed by atoms with Gasteiger partial charge in [0.1, 0.15) is 0 Å². The van der Waals surface area contributed by atoms with E-state index in [2.05, 4.69) is 292 Å². The summed E-state index contributed by atoms with van der Waals surface area (Å²) in [5.41, 5.74) is 29.2. The van der Waals surface area contributed by atoms with Crippen LogP contribution in [-0.4, -0.2) is 84.7 Å². The Morgan fingerprint density at radius 3 is 0.880 bits per heavy atom. The molecule has 12 nitrogen and oxygen atoms in total. The molecular weight excluding hydrogens is 2460 g/mol. The van der Waals surface area contributed by atoms with E-state index < -0.39 is 39.8 Å². The van der Waals surface area contributed by atoms with Crippen LogP contribution in [0.4, 0.5) is 0 Å². The van der Waals surface area contributed by atoms with Crippen LogP contribution in [0.25, 0.3) is 168 Å². The molecule has 9 aromatic carbocycles. The maximum Gasteiger partial charge on any atom is 0.216 e. The summed E-state index contributed by atoms with van der Waals surface area (Å²) in [7, 11) is 0. The van der Waals surface area contributed by atoms with Crippen LogP contribution in [0.5, 0.6) is 0 Å². The third-order valence-electron chi connectivity index (χ3n) is 24.1. The van der Waals surface area contributed by atoms with Gasteiger partial charge in [-0.15, -0.1) is 71.3 Å². The molecule has 18 heteroatoms. The monoisotopic (exact) mass is 2580 g/mol. The molecule has 142 heavy (non-hydrogen) atoms. The SMILES string of the molecule is CC(C)Cc1cc(-c2[c-]cccc2)nc[c]1[Ge]([CH3])([CH3])[CH3].CC(C)Cc1cc(-c2[c-]cccc2)nc[c]1[Ge]([CH3])([CH3])[CH3].CC(C)Cc1cc(-c2[c-]cccc2)nc[c]1[Ge]([CH3])([CH3])[CH3].CC(C)c1ccnc(-c2[c-]cc3oc4nc(-c5ccccc5)ccc4c3c2)c1.Cc1ccnc(-c2[c-]cc3oc4nc(-c5ccccc5)ccc4c3c2)c1.[Ir].[Ir].[Ir].[c-]1cc2oc3nc(-c4ccccc4)ccc3c2cc1-c1ccccn1. The molecule has 0 saturated carbocycles. The van der Waals surface area contributed by atoms with Gasteiger partial charge in [0.2, 0.25) is 17.1 Å². The van der Waals surface area contributed by atoms with Gasteiger partial charge in [0, 0.05) is 112 Å². The second kappa shape index (κ2) is 49.1. The molecule has 0 atom stereocenters. The average Bonchev–Trinajstić information content (AvgIpc) is 1.59. The van der Waals surface area contributed by atoms with E-state index in [0.29, 0.717) is 40.8 Å². The smallest absolute Gasteiger partial charge is 0.216 e. The van der Waals surface area contributed by atoms with Crippen LogP contribution in [0, 0.1) is 61.1 Å². The standard InChI is InChI=1S/C25H19N2O.C23H15N2O.C22H13N2O.3C18H24GeN.3Ir/c1-16(2)18-12-13-26-23(15-18)19-8-11-24-21(14-19)20-9-10-22(27-25(20)28-24)17-6-4-3-5-7-17;1-15-11-12-24-21(13-15)17-7-10-22-19(14-17)18-8-9-20(25-23(18)26-22)16-5-3-2-4-6-16;1-2-6-15(7-3-1)20-11-10-17-18-14-16(19-8-4-5-13-23-19)9-12-21(18)25-22(17)24-20;3*1-14(2)11-16-12-18(15-9-7-6-8-10-15)20-13-17(16)19(3,4)5;;;/h3-7,9-16H,1-2H3;2-6,8-14H,1H3;1-8,10-14H;3*6-9,12-14H,11H2,1-5H3;;;/q6*-1;;;. The van der Waals surface area contributed by atoms with Crippen molar-refractivity contribution in [1.82, 2.24) is 44.9 Å². The minimum Gasteiger partial charge on any atom is -0.486 e. The van der Waals surface area contributed by atoms with E-state index in [1.165, 1.54) is 27.8 Å². The fraction of sp³-hybridized carbons (Fsp3) is 0.202. The molecule has 0 N–H and O–H groups in total. The Morgan fingerprint density at radius 2 is 0.577 bits per heavy atom. The predicted octanol–water partition coefficient (Wildman–Crippen LogP) is 30.8. The molecule has 21 aromatic rings. The van der Waals surface area contributed by atoms with Gasteiger partial charge in [-0.2, -0.15) is 0 Å². The van der Waals surface area contributed by atoms with Crippen molar-refractivity contribution in [2.45, 2.75) is 139 Å². The zero-order valence-electron chi connectivity index (χ0n) is 83.9. The first-order valence-corrected chi connectivity index (χ1v) is 70.1. The molecule has 3 radical (unpaired) electrons. The van der Waals surface area contributed by atoms with Crippen molar-refractivity contribution in [1.29, 1.82) is 0 Å². The number of aromatic nitrogens is 9. The number of rotatable bonds is 19. The average molecular weight is 2580 g/mol. The summed E-state index contributed by atoms with van der Waals surface area (Å²) in [6.45, 7) is 20.1. The Balaban J connectivity index is 0.000000143. The molecule has 0 saturated heterocycles. The Morgan fingerprint density at radius 1 is 0.268 bits per heavy atom. The Bertz CT molecular complexity index is 7490. The predicted molar refractivity (Wildman–Crippen MR) is 586 cm³/mol. The Hall–Kier alpha value is -11.7. The zero-order valence-corrected chi connectivity index (χ0v) is 97.4. The normalized spacial score (nSPS) is 11.3. The molecule has 12 heterocycles. The van der Waals surface area contributed by atoms with Gasteiger partial charge < -0.3 is 28.2 Å². The van der Waals surface area contributed by atoms with Gasteiger partial charge in [-0.3, -0.25) is 0 Å². The van der Waals surface area contributed by atoms with Crippen LogP contribution in [0.15, 0.2) is 348 Å². The summed E-state index contributed by atoms with van der Waals surface area (Å²) in [4.78, 5) is 41.6. The van der Waals surface area contributed by atoms with E-state index in [1.807, 2.05) is 207 Å². The molecule has 21 rings (SSSR count). The summed E-state index contributed by atoms with van der Waals surface area (Å²) < 4.78 is 22.5. The van der Waals surface area contributed by atoms with Crippen LogP contribution < -0.4 is 13.2 Å². The van der Waals surface area contributed by atoms with Gasteiger partial charge in [-0.25, -0.2) is 15.0 Å². The maximum absolute atomic E-state index is 6.00. The third kappa shape index (κ3) is 27.4. The Labute approximate surface area is 886 Å². The summed E-state index contributed by atoms with van der Waals surface area (Å²) in [6, 6.07) is 119. The first kappa shape index (κ1) is 108. The molecule has 0 bridgehead atoms. The molecular formula is C124H119Ge3Ir3N9O3-6. The van der Waals surface area contributed by atoms with Crippen molar-refractivity contribution in [3.63, 3.8) is 0 Å². The number of hydrogen-bond donors (Lipinski definition) is 0. The summed E-state index contributed by atoms with van der Waals surface area (Å²) in [5, 5.41) is 6.10. The fourth-order valence-corrected chi connectivity index (χ4v) is 27.2. The molecule has 0 amide bonds. The number of furan rings is 3. The maximum atomic E-state index is 6.00. The number of hydrogen-bond acceptors (Lipinski definition) is 12.